The zero-order valence-corrected chi connectivity index (χ0v) is 6.98. The van der Waals surface area contributed by atoms with E-state index in [4.69, 9.17) is 11.6 Å². The summed E-state index contributed by atoms with van der Waals surface area (Å²) in [6.45, 7) is 2.39. The van der Waals surface area contributed by atoms with Crippen LogP contribution < -0.4 is 5.32 Å². The number of ether oxygens (including phenoxy) is 1. The molecule has 0 aromatic rings. The highest BCUT2D eigenvalue weighted by Gasteiger charge is 2.06. The van der Waals surface area contributed by atoms with Crippen molar-refractivity contribution in [3.8, 4) is 0 Å². The second kappa shape index (κ2) is 5.97. The van der Waals surface area contributed by atoms with Gasteiger partial charge in [-0.2, -0.15) is 0 Å². The number of alkyl halides is 1. The van der Waals surface area contributed by atoms with Crippen LogP contribution in [0.2, 0.25) is 0 Å². The number of esters is 1. The van der Waals surface area contributed by atoms with Gasteiger partial charge in [-0.15, -0.1) is 11.6 Å². The lowest BCUT2D eigenvalue weighted by atomic mass is 10.5. The fraction of sp³-hybridized carbons (Fsp3) is 0.667. The van der Waals surface area contributed by atoms with Gasteiger partial charge in [-0.05, 0) is 6.42 Å². The van der Waals surface area contributed by atoms with Crippen LogP contribution >= 0.6 is 11.6 Å². The molecule has 5 heteroatoms. The van der Waals surface area contributed by atoms with Crippen LogP contribution in [0.1, 0.15) is 13.3 Å². The number of nitrogens with one attached hydrogen (secondary N) is 1. The highest BCUT2D eigenvalue weighted by molar-refractivity contribution is 6.26. The molecule has 0 saturated carbocycles. The summed E-state index contributed by atoms with van der Waals surface area (Å²) in [7, 11) is 0. The molecule has 0 unspecified atom stereocenters. The number of alkyl carbamates (subject to hydrolysis) is 1. The van der Waals surface area contributed by atoms with Crippen LogP contribution in [0, 0.1) is 0 Å². The van der Waals surface area contributed by atoms with Gasteiger partial charge in [0, 0.05) is 6.54 Å². The van der Waals surface area contributed by atoms with Crippen LogP contribution in [-0.4, -0.2) is 24.5 Å². The second-order valence-electron chi connectivity index (χ2n) is 1.82. The number of carbonyl (C=O) groups is 2. The van der Waals surface area contributed by atoms with Gasteiger partial charge in [-0.25, -0.2) is 4.79 Å². The van der Waals surface area contributed by atoms with Crippen molar-refractivity contribution in [1.82, 2.24) is 5.32 Å². The summed E-state index contributed by atoms with van der Waals surface area (Å²) in [4.78, 5) is 20.9. The van der Waals surface area contributed by atoms with Gasteiger partial charge in [-0.3, -0.25) is 4.79 Å². The number of hydrogen-bond donors (Lipinski definition) is 1. The summed E-state index contributed by atoms with van der Waals surface area (Å²) < 4.78 is 4.18. The Morgan fingerprint density at radius 2 is 2.18 bits per heavy atom. The van der Waals surface area contributed by atoms with Crippen molar-refractivity contribution in [1.29, 1.82) is 0 Å². The molecule has 0 aromatic carbocycles. The first-order valence-corrected chi connectivity index (χ1v) is 3.78. The Hall–Kier alpha value is -0.770. The standard InChI is InChI=1S/C6H10ClNO3/c1-2-3-8-6(10)11-5(9)4-7/h2-4H2,1H3,(H,8,10). The van der Waals surface area contributed by atoms with E-state index in [1.807, 2.05) is 6.92 Å². The lowest BCUT2D eigenvalue weighted by Crippen LogP contribution is -2.27. The highest BCUT2D eigenvalue weighted by atomic mass is 35.5. The number of carbonyl (C=O) groups excluding carboxylic acids is 2. The second-order valence-corrected chi connectivity index (χ2v) is 2.09. The Bertz CT molecular complexity index is 149. The molecule has 0 rings (SSSR count). The zero-order valence-electron chi connectivity index (χ0n) is 6.22. The molecule has 0 aromatic heterocycles. The van der Waals surface area contributed by atoms with Gasteiger partial charge in [0.25, 0.3) is 0 Å². The van der Waals surface area contributed by atoms with E-state index in [1.54, 1.807) is 0 Å². The molecular weight excluding hydrogens is 170 g/mol. The molecule has 1 N–H and O–H groups in total. The third-order valence-corrected chi connectivity index (χ3v) is 1.05. The maximum atomic E-state index is 10.6. The smallest absolute Gasteiger partial charge is 0.375 e. The molecule has 64 valence electrons. The van der Waals surface area contributed by atoms with E-state index in [-0.39, 0.29) is 5.88 Å². The van der Waals surface area contributed by atoms with Crippen molar-refractivity contribution in [3.63, 3.8) is 0 Å². The average Bonchev–Trinajstić information content (AvgIpc) is 2.00. The molecular formula is C6H10ClNO3. The lowest BCUT2D eigenvalue weighted by Gasteiger charge is -2.01. The Morgan fingerprint density at radius 1 is 1.55 bits per heavy atom. The minimum Gasteiger partial charge on any atom is -0.375 e. The number of hydrogen-bond acceptors (Lipinski definition) is 3. The molecule has 0 bridgehead atoms. The summed E-state index contributed by atoms with van der Waals surface area (Å²) in [6.07, 6.45) is 0.0574. The van der Waals surface area contributed by atoms with Crippen LogP contribution in [0.25, 0.3) is 0 Å². The van der Waals surface area contributed by atoms with E-state index >= 15 is 0 Å². The van der Waals surface area contributed by atoms with Crippen molar-refractivity contribution in [3.05, 3.63) is 0 Å². The van der Waals surface area contributed by atoms with Gasteiger partial charge in [-0.1, -0.05) is 6.92 Å². The summed E-state index contributed by atoms with van der Waals surface area (Å²) in [5.41, 5.74) is 0. The van der Waals surface area contributed by atoms with Gasteiger partial charge in [0.05, 0.1) is 0 Å². The maximum Gasteiger partial charge on any atom is 0.414 e. The van der Waals surface area contributed by atoms with Gasteiger partial charge < -0.3 is 10.1 Å². The van der Waals surface area contributed by atoms with Gasteiger partial charge in [0.2, 0.25) is 0 Å². The van der Waals surface area contributed by atoms with E-state index in [1.165, 1.54) is 0 Å². The minimum absolute atomic E-state index is 0.306. The van der Waals surface area contributed by atoms with Crippen molar-refractivity contribution in [2.45, 2.75) is 13.3 Å². The Labute approximate surface area is 69.9 Å². The van der Waals surface area contributed by atoms with Crippen LogP contribution in [0.5, 0.6) is 0 Å². The molecule has 0 radical (unpaired) electrons. The molecule has 11 heavy (non-hydrogen) atoms. The molecule has 4 nitrogen and oxygen atoms in total. The molecule has 0 aliphatic heterocycles. The largest absolute Gasteiger partial charge is 0.414 e. The van der Waals surface area contributed by atoms with E-state index in [2.05, 4.69) is 10.1 Å². The summed E-state index contributed by atoms with van der Waals surface area (Å²) in [6, 6.07) is 0. The monoisotopic (exact) mass is 179 g/mol. The number of halogens is 1. The average molecular weight is 180 g/mol. The van der Waals surface area contributed by atoms with Gasteiger partial charge >= 0.3 is 12.1 Å². The van der Waals surface area contributed by atoms with Crippen molar-refractivity contribution in [2.24, 2.45) is 0 Å². The van der Waals surface area contributed by atoms with Crippen LogP contribution in [0.3, 0.4) is 0 Å². The molecule has 0 aliphatic carbocycles. The van der Waals surface area contributed by atoms with Crippen molar-refractivity contribution >= 4 is 23.7 Å². The van der Waals surface area contributed by atoms with Crippen LogP contribution in [0.15, 0.2) is 0 Å². The Kier molecular flexibility index (Phi) is 5.56. The van der Waals surface area contributed by atoms with Crippen LogP contribution in [-0.2, 0) is 9.53 Å². The normalized spacial score (nSPS) is 8.91. The summed E-state index contributed by atoms with van der Waals surface area (Å²) in [5.74, 6) is -1.04. The zero-order chi connectivity index (χ0) is 8.69. The highest BCUT2D eigenvalue weighted by Crippen LogP contribution is 1.84. The topological polar surface area (TPSA) is 55.4 Å². The van der Waals surface area contributed by atoms with Crippen molar-refractivity contribution < 1.29 is 14.3 Å². The Balaban J connectivity index is 3.44. The quantitative estimate of drug-likeness (QED) is 0.398. The minimum atomic E-state index is -0.738. The predicted molar refractivity (Wildman–Crippen MR) is 40.5 cm³/mol. The first-order chi connectivity index (χ1) is 5.20. The Morgan fingerprint density at radius 3 is 2.64 bits per heavy atom. The number of rotatable bonds is 3. The SMILES string of the molecule is CCCNC(=O)OC(=O)CCl. The first-order valence-electron chi connectivity index (χ1n) is 3.25. The van der Waals surface area contributed by atoms with E-state index in [0.717, 1.165) is 6.42 Å². The van der Waals surface area contributed by atoms with Crippen molar-refractivity contribution in [2.75, 3.05) is 12.4 Å². The number of amides is 1. The van der Waals surface area contributed by atoms with Crippen LogP contribution in [0.4, 0.5) is 4.79 Å². The van der Waals surface area contributed by atoms with E-state index in [0.29, 0.717) is 6.54 Å². The molecule has 0 aliphatic rings. The van der Waals surface area contributed by atoms with Gasteiger partial charge in [0.1, 0.15) is 5.88 Å². The maximum absolute atomic E-state index is 10.6. The fourth-order valence-corrected chi connectivity index (χ4v) is 0.448. The fourth-order valence-electron chi connectivity index (χ4n) is 0.394. The van der Waals surface area contributed by atoms with E-state index in [9.17, 15) is 9.59 Å². The molecule has 0 saturated heterocycles. The predicted octanol–water partition coefficient (Wildman–Crippen LogP) is 0.888. The molecule has 0 spiro atoms. The molecule has 0 fully saturated rings. The van der Waals surface area contributed by atoms with E-state index < -0.39 is 12.1 Å². The summed E-state index contributed by atoms with van der Waals surface area (Å²) in [5, 5.41) is 2.36. The third-order valence-electron chi connectivity index (χ3n) is 0.835. The lowest BCUT2D eigenvalue weighted by molar-refractivity contribution is -0.134. The summed E-state index contributed by atoms with van der Waals surface area (Å²) >= 11 is 5.08. The first kappa shape index (κ1) is 10.2. The van der Waals surface area contributed by atoms with Gasteiger partial charge in [0.15, 0.2) is 0 Å². The molecule has 0 atom stereocenters. The molecule has 0 heterocycles. The third kappa shape index (κ3) is 5.66. The molecule has 1 amide bonds.